The topological polar surface area (TPSA) is 86.8 Å². The Morgan fingerprint density at radius 1 is 1.03 bits per heavy atom. The molecule has 7 nitrogen and oxygen atoms in total. The number of benzene rings is 2. The van der Waals surface area contributed by atoms with Crippen LogP contribution in [0, 0.1) is 0 Å². The number of hydrogen-bond acceptors (Lipinski definition) is 7. The predicted octanol–water partition coefficient (Wildman–Crippen LogP) is 4.93. The van der Waals surface area contributed by atoms with Crippen LogP contribution in [0.4, 0.5) is 5.13 Å². The van der Waals surface area contributed by atoms with Crippen LogP contribution in [0.3, 0.4) is 0 Å². The summed E-state index contributed by atoms with van der Waals surface area (Å²) in [5, 5.41) is 5.30. The van der Waals surface area contributed by atoms with Crippen LogP contribution in [0.25, 0.3) is 11.3 Å². The number of ether oxygens (including phenoxy) is 3. The van der Waals surface area contributed by atoms with Crippen LogP contribution >= 0.6 is 34.5 Å². The lowest BCUT2D eigenvalue weighted by Gasteiger charge is -2.08. The van der Waals surface area contributed by atoms with Crippen molar-refractivity contribution < 1.29 is 23.8 Å². The van der Waals surface area contributed by atoms with E-state index < -0.39 is 18.5 Å². The van der Waals surface area contributed by atoms with Gasteiger partial charge in [-0.1, -0.05) is 23.2 Å². The quantitative estimate of drug-likeness (QED) is 0.496. The number of thiazole rings is 1. The zero-order valence-electron chi connectivity index (χ0n) is 15.9. The van der Waals surface area contributed by atoms with Gasteiger partial charge < -0.3 is 14.2 Å². The fourth-order valence-electron chi connectivity index (χ4n) is 2.45. The second-order valence-corrected chi connectivity index (χ2v) is 7.53. The Bertz CT molecular complexity index is 1090. The molecule has 2 aromatic carbocycles. The van der Waals surface area contributed by atoms with E-state index in [2.05, 4.69) is 10.3 Å². The van der Waals surface area contributed by atoms with Gasteiger partial charge >= 0.3 is 5.97 Å². The molecule has 0 atom stereocenters. The molecule has 0 unspecified atom stereocenters. The van der Waals surface area contributed by atoms with Crippen LogP contribution in [0.2, 0.25) is 10.0 Å². The number of carbonyl (C=O) groups is 2. The molecule has 1 amide bonds. The molecule has 0 aliphatic carbocycles. The van der Waals surface area contributed by atoms with E-state index in [0.29, 0.717) is 27.3 Å². The van der Waals surface area contributed by atoms with Gasteiger partial charge in [-0.05, 0) is 36.4 Å². The summed E-state index contributed by atoms with van der Waals surface area (Å²) in [6.07, 6.45) is 0. The Labute approximate surface area is 186 Å². The molecule has 0 fully saturated rings. The van der Waals surface area contributed by atoms with Crippen molar-refractivity contribution >= 4 is 51.5 Å². The summed E-state index contributed by atoms with van der Waals surface area (Å²) in [6.45, 7) is -0.468. The van der Waals surface area contributed by atoms with Crippen LogP contribution in [0.15, 0.2) is 41.8 Å². The van der Waals surface area contributed by atoms with Gasteiger partial charge in [-0.2, -0.15) is 0 Å². The van der Waals surface area contributed by atoms with Crippen LogP contribution in [0.5, 0.6) is 11.5 Å². The van der Waals surface area contributed by atoms with Crippen molar-refractivity contribution in [2.45, 2.75) is 0 Å². The number of nitrogens with zero attached hydrogens (tertiary/aromatic N) is 1. The van der Waals surface area contributed by atoms with Crippen LogP contribution in [0.1, 0.15) is 10.4 Å². The molecule has 0 radical (unpaired) electrons. The highest BCUT2D eigenvalue weighted by molar-refractivity contribution is 7.14. The fourth-order valence-corrected chi connectivity index (χ4v) is 3.49. The number of methoxy groups -OCH3 is 2. The minimum Gasteiger partial charge on any atom is -0.493 e. The first kappa shape index (κ1) is 21.9. The first-order valence-corrected chi connectivity index (χ1v) is 10.1. The molecule has 0 bridgehead atoms. The van der Waals surface area contributed by atoms with Gasteiger partial charge in [0.15, 0.2) is 23.2 Å². The number of esters is 1. The first-order valence-electron chi connectivity index (χ1n) is 8.51. The highest BCUT2D eigenvalue weighted by atomic mass is 35.5. The molecular weight excluding hydrogens is 451 g/mol. The van der Waals surface area contributed by atoms with Gasteiger partial charge in [0.1, 0.15) is 0 Å². The lowest BCUT2D eigenvalue weighted by atomic mass is 10.1. The van der Waals surface area contributed by atoms with Crippen molar-refractivity contribution in [3.05, 3.63) is 57.4 Å². The average Bonchev–Trinajstić information content (AvgIpc) is 3.21. The molecule has 0 aliphatic rings. The maximum atomic E-state index is 12.1. The Kier molecular flexibility index (Phi) is 7.15. The predicted molar refractivity (Wildman–Crippen MR) is 116 cm³/mol. The molecule has 1 aromatic heterocycles. The van der Waals surface area contributed by atoms with Gasteiger partial charge in [0.25, 0.3) is 5.91 Å². The zero-order valence-corrected chi connectivity index (χ0v) is 18.2. The highest BCUT2D eigenvalue weighted by Gasteiger charge is 2.14. The van der Waals surface area contributed by atoms with Crippen molar-refractivity contribution in [1.29, 1.82) is 0 Å². The van der Waals surface area contributed by atoms with Crippen molar-refractivity contribution in [1.82, 2.24) is 4.98 Å². The molecule has 0 saturated carbocycles. The Balaban J connectivity index is 1.59. The van der Waals surface area contributed by atoms with Gasteiger partial charge in [-0.25, -0.2) is 9.78 Å². The number of anilines is 1. The Morgan fingerprint density at radius 2 is 1.80 bits per heavy atom. The van der Waals surface area contributed by atoms with Crippen molar-refractivity contribution in [3.63, 3.8) is 0 Å². The minimum absolute atomic E-state index is 0.196. The number of carbonyl (C=O) groups excluding carboxylic acids is 2. The molecule has 156 valence electrons. The number of aromatic nitrogens is 1. The maximum Gasteiger partial charge on any atom is 0.338 e. The maximum absolute atomic E-state index is 12.1. The zero-order chi connectivity index (χ0) is 21.7. The smallest absolute Gasteiger partial charge is 0.338 e. The number of amides is 1. The molecule has 3 rings (SSSR count). The van der Waals surface area contributed by atoms with E-state index >= 15 is 0 Å². The van der Waals surface area contributed by atoms with Gasteiger partial charge in [0.05, 0.1) is 35.5 Å². The Morgan fingerprint density at radius 3 is 2.50 bits per heavy atom. The van der Waals surface area contributed by atoms with Crippen LogP contribution in [-0.4, -0.2) is 37.7 Å². The third-order valence-electron chi connectivity index (χ3n) is 3.92. The molecule has 30 heavy (non-hydrogen) atoms. The fraction of sp³-hybridized carbons (Fsp3) is 0.150. The van der Waals surface area contributed by atoms with Crippen molar-refractivity contribution in [3.8, 4) is 22.8 Å². The third-order valence-corrected chi connectivity index (χ3v) is 5.42. The third kappa shape index (κ3) is 5.21. The molecule has 10 heteroatoms. The number of hydrogen-bond donors (Lipinski definition) is 1. The van der Waals surface area contributed by atoms with E-state index in [1.165, 1.54) is 29.5 Å². The second-order valence-electron chi connectivity index (χ2n) is 5.86. The van der Waals surface area contributed by atoms with Crippen LogP contribution in [-0.2, 0) is 9.53 Å². The summed E-state index contributed by atoms with van der Waals surface area (Å²) >= 11 is 12.9. The highest BCUT2D eigenvalue weighted by Crippen LogP contribution is 2.33. The van der Waals surface area contributed by atoms with E-state index in [9.17, 15) is 9.59 Å². The lowest BCUT2D eigenvalue weighted by molar-refractivity contribution is -0.119. The van der Waals surface area contributed by atoms with Gasteiger partial charge in [-0.3, -0.25) is 10.1 Å². The Hall–Kier alpha value is -2.81. The monoisotopic (exact) mass is 466 g/mol. The van der Waals surface area contributed by atoms with Crippen molar-refractivity contribution in [2.24, 2.45) is 0 Å². The average molecular weight is 467 g/mol. The van der Waals surface area contributed by atoms with E-state index in [0.717, 1.165) is 5.56 Å². The van der Waals surface area contributed by atoms with E-state index in [1.54, 1.807) is 31.7 Å². The lowest BCUT2D eigenvalue weighted by Crippen LogP contribution is -2.20. The normalized spacial score (nSPS) is 10.4. The van der Waals surface area contributed by atoms with Crippen LogP contribution < -0.4 is 14.8 Å². The number of nitrogens with one attached hydrogen (secondary N) is 1. The van der Waals surface area contributed by atoms with Crippen molar-refractivity contribution in [2.75, 3.05) is 26.1 Å². The summed E-state index contributed by atoms with van der Waals surface area (Å²) in [5.41, 5.74) is 1.65. The summed E-state index contributed by atoms with van der Waals surface area (Å²) in [5.74, 6) is -0.0258. The molecular formula is C20H16Cl2N2O5S. The molecule has 0 aliphatic heterocycles. The van der Waals surface area contributed by atoms with E-state index in [-0.39, 0.29) is 10.6 Å². The SMILES string of the molecule is COc1ccc(-c2csc(NC(=O)COC(=O)c3ccc(Cl)c(Cl)c3)n2)cc1OC. The molecule has 0 spiro atoms. The number of rotatable bonds is 7. The first-order chi connectivity index (χ1) is 14.4. The van der Waals surface area contributed by atoms with Gasteiger partial charge in [-0.15, -0.1) is 11.3 Å². The van der Waals surface area contributed by atoms with E-state index in [4.69, 9.17) is 37.4 Å². The summed E-state index contributed by atoms with van der Waals surface area (Å²) in [6, 6.07) is 9.71. The largest absolute Gasteiger partial charge is 0.493 e. The van der Waals surface area contributed by atoms with Gasteiger partial charge in [0.2, 0.25) is 0 Å². The number of halogens is 2. The molecule has 1 N–H and O–H groups in total. The second kappa shape index (κ2) is 9.80. The summed E-state index contributed by atoms with van der Waals surface area (Å²) in [7, 11) is 3.11. The molecule has 0 saturated heterocycles. The molecule has 3 aromatic rings. The molecule has 1 heterocycles. The minimum atomic E-state index is -0.686. The summed E-state index contributed by atoms with van der Waals surface area (Å²) in [4.78, 5) is 28.5. The van der Waals surface area contributed by atoms with Gasteiger partial charge in [0, 0.05) is 10.9 Å². The summed E-state index contributed by atoms with van der Waals surface area (Å²) < 4.78 is 15.5. The van der Waals surface area contributed by atoms with E-state index in [1.807, 2.05) is 6.07 Å². The standard InChI is InChI=1S/C20H16Cl2N2O5S/c1-27-16-6-4-11(8-17(16)28-2)15-10-30-20(23-15)24-18(25)9-29-19(26)12-3-5-13(21)14(22)7-12/h3-8,10H,9H2,1-2H3,(H,23,24,25).